The Hall–Kier alpha value is -1.59. The van der Waals surface area contributed by atoms with Crippen molar-refractivity contribution in [2.24, 2.45) is 0 Å². The second-order valence-corrected chi connectivity index (χ2v) is 7.07. The third-order valence-electron chi connectivity index (χ3n) is 3.07. The highest BCUT2D eigenvalue weighted by Crippen LogP contribution is 2.27. The summed E-state index contributed by atoms with van der Waals surface area (Å²) < 4.78 is 0.870. The Morgan fingerprint density at radius 1 is 1.18 bits per heavy atom. The molecule has 0 unspecified atom stereocenters. The van der Waals surface area contributed by atoms with Gasteiger partial charge in [0.1, 0.15) is 0 Å². The molecule has 2 aromatic carbocycles. The number of halogens is 1. The summed E-state index contributed by atoms with van der Waals surface area (Å²) in [4.78, 5) is 24.3. The van der Waals surface area contributed by atoms with E-state index in [-0.39, 0.29) is 12.2 Å². The zero-order valence-electron chi connectivity index (χ0n) is 11.9. The lowest BCUT2D eigenvalue weighted by Crippen LogP contribution is -2.35. The summed E-state index contributed by atoms with van der Waals surface area (Å²) in [5.74, 6) is -1.43. The fourth-order valence-corrected chi connectivity index (χ4v) is 3.28. The fraction of sp³-hybridized carbons (Fsp3) is 0.176. The number of ketones is 1. The molecule has 5 heteroatoms. The van der Waals surface area contributed by atoms with Gasteiger partial charge in [-0.3, -0.25) is 4.79 Å². The molecule has 0 N–H and O–H groups in total. The highest BCUT2D eigenvalue weighted by atomic mass is 79.9. The summed E-state index contributed by atoms with van der Waals surface area (Å²) in [7, 11) is 0. The molecule has 0 aliphatic carbocycles. The zero-order chi connectivity index (χ0) is 16.1. The number of benzene rings is 2. The van der Waals surface area contributed by atoms with Gasteiger partial charge in [-0.25, -0.2) is 0 Å². The van der Waals surface area contributed by atoms with E-state index >= 15 is 0 Å². The molecule has 3 nitrogen and oxygen atoms in total. The first-order chi connectivity index (χ1) is 10.5. The van der Waals surface area contributed by atoms with E-state index in [1.54, 1.807) is 24.3 Å². The molecule has 0 saturated carbocycles. The van der Waals surface area contributed by atoms with E-state index in [4.69, 9.17) is 0 Å². The largest absolute Gasteiger partial charge is 0.549 e. The summed E-state index contributed by atoms with van der Waals surface area (Å²) in [6.45, 7) is 1.94. The van der Waals surface area contributed by atoms with Gasteiger partial charge in [-0.15, -0.1) is 11.8 Å². The number of carbonyl (C=O) groups excluding carboxylic acids is 2. The van der Waals surface area contributed by atoms with Gasteiger partial charge in [0, 0.05) is 21.4 Å². The second-order valence-electron chi connectivity index (χ2n) is 4.88. The number of carbonyl (C=O) groups is 2. The van der Waals surface area contributed by atoms with Crippen molar-refractivity contribution in [1.82, 2.24) is 0 Å². The third-order valence-corrected chi connectivity index (χ3v) is 4.77. The predicted molar refractivity (Wildman–Crippen MR) is 88.9 cm³/mol. The minimum absolute atomic E-state index is 0.0947. The number of carboxylic acids is 1. The van der Waals surface area contributed by atoms with Crippen LogP contribution in [0.2, 0.25) is 0 Å². The molecule has 0 bridgehead atoms. The van der Waals surface area contributed by atoms with Gasteiger partial charge in [0.25, 0.3) is 0 Å². The molecular weight excluding hydrogens is 364 g/mol. The van der Waals surface area contributed by atoms with E-state index in [2.05, 4.69) is 15.9 Å². The number of thioether (sulfide) groups is 1. The number of rotatable bonds is 6. The molecule has 0 saturated heterocycles. The van der Waals surface area contributed by atoms with Crippen molar-refractivity contribution < 1.29 is 14.7 Å². The van der Waals surface area contributed by atoms with Crippen LogP contribution in [-0.2, 0) is 4.79 Å². The van der Waals surface area contributed by atoms with Crippen molar-refractivity contribution in [3.63, 3.8) is 0 Å². The molecule has 2 rings (SSSR count). The number of carboxylic acid groups (broad SMARTS) is 1. The first-order valence-corrected chi connectivity index (χ1v) is 8.36. The first-order valence-electron chi connectivity index (χ1n) is 6.68. The van der Waals surface area contributed by atoms with Crippen LogP contribution >= 0.6 is 27.7 Å². The van der Waals surface area contributed by atoms with E-state index in [1.165, 1.54) is 0 Å². The lowest BCUT2D eigenvalue weighted by Gasteiger charge is -2.17. The highest BCUT2D eigenvalue weighted by Gasteiger charge is 2.18. The van der Waals surface area contributed by atoms with Crippen molar-refractivity contribution in [3.8, 4) is 0 Å². The van der Waals surface area contributed by atoms with E-state index < -0.39 is 11.2 Å². The Balaban J connectivity index is 2.10. The minimum atomic E-state index is -1.23. The molecule has 0 spiro atoms. The average Bonchev–Trinajstić information content (AvgIpc) is 2.47. The monoisotopic (exact) mass is 377 g/mol. The Labute approximate surface area is 141 Å². The van der Waals surface area contributed by atoms with Crippen LogP contribution in [0.1, 0.15) is 22.3 Å². The van der Waals surface area contributed by atoms with Crippen LogP contribution in [0.4, 0.5) is 0 Å². The average molecular weight is 378 g/mol. The number of hydrogen-bond donors (Lipinski definition) is 0. The molecule has 114 valence electrons. The molecule has 22 heavy (non-hydrogen) atoms. The Kier molecular flexibility index (Phi) is 5.80. The third kappa shape index (κ3) is 4.71. The first kappa shape index (κ1) is 16.8. The summed E-state index contributed by atoms with van der Waals surface area (Å²) in [6.07, 6.45) is -0.0947. The summed E-state index contributed by atoms with van der Waals surface area (Å²) in [6, 6.07) is 14.4. The maximum absolute atomic E-state index is 12.2. The van der Waals surface area contributed by atoms with E-state index in [0.29, 0.717) is 5.56 Å². The Bertz CT molecular complexity index is 683. The molecule has 0 aliphatic rings. The van der Waals surface area contributed by atoms with Crippen LogP contribution < -0.4 is 5.11 Å². The number of Topliss-reactive ketones (excluding diaryl/α,β-unsaturated/α-hetero) is 1. The fourth-order valence-electron chi connectivity index (χ4n) is 1.95. The lowest BCUT2D eigenvalue weighted by molar-refractivity contribution is -0.304. The van der Waals surface area contributed by atoms with Crippen molar-refractivity contribution in [1.29, 1.82) is 0 Å². The van der Waals surface area contributed by atoms with Gasteiger partial charge in [-0.1, -0.05) is 45.8 Å². The SMILES string of the molecule is Cc1cccc(S[C@@H](CC(=O)c2ccc(Br)cc2)C(=O)[O-])c1. The number of hydrogen-bond acceptors (Lipinski definition) is 4. The molecule has 0 fully saturated rings. The Morgan fingerprint density at radius 3 is 2.45 bits per heavy atom. The van der Waals surface area contributed by atoms with Gasteiger partial charge in [0.05, 0.1) is 11.2 Å². The molecule has 0 heterocycles. The molecular formula is C17H14BrO3S-. The second kappa shape index (κ2) is 7.61. The highest BCUT2D eigenvalue weighted by molar-refractivity contribution is 9.10. The quantitative estimate of drug-likeness (QED) is 0.572. The van der Waals surface area contributed by atoms with Crippen molar-refractivity contribution >= 4 is 39.4 Å². The summed E-state index contributed by atoms with van der Waals surface area (Å²) >= 11 is 4.45. The van der Waals surface area contributed by atoms with Crippen LogP contribution in [0, 0.1) is 6.92 Å². The van der Waals surface area contributed by atoms with Crippen LogP contribution in [0.25, 0.3) is 0 Å². The molecule has 1 atom stereocenters. The van der Waals surface area contributed by atoms with Crippen molar-refractivity contribution in [2.75, 3.05) is 0 Å². The van der Waals surface area contributed by atoms with Crippen LogP contribution in [-0.4, -0.2) is 17.0 Å². The molecule has 0 aromatic heterocycles. The maximum atomic E-state index is 12.2. The van der Waals surface area contributed by atoms with Gasteiger partial charge >= 0.3 is 0 Å². The summed E-state index contributed by atoms with van der Waals surface area (Å²) in [5.41, 5.74) is 1.54. The maximum Gasteiger partial charge on any atom is 0.164 e. The summed E-state index contributed by atoms with van der Waals surface area (Å²) in [5, 5.41) is 10.4. The predicted octanol–water partition coefficient (Wildman–Crippen LogP) is 3.24. The molecule has 0 amide bonds. The van der Waals surface area contributed by atoms with Gasteiger partial charge in [0.2, 0.25) is 0 Å². The van der Waals surface area contributed by atoms with Crippen LogP contribution in [0.3, 0.4) is 0 Å². The van der Waals surface area contributed by atoms with Crippen molar-refractivity contribution in [3.05, 3.63) is 64.1 Å². The molecule has 2 aromatic rings. The normalized spacial score (nSPS) is 11.9. The van der Waals surface area contributed by atoms with Gasteiger partial charge < -0.3 is 9.90 Å². The Morgan fingerprint density at radius 2 is 1.86 bits per heavy atom. The van der Waals surface area contributed by atoms with Gasteiger partial charge in [-0.2, -0.15) is 0 Å². The van der Waals surface area contributed by atoms with Gasteiger partial charge in [-0.05, 0) is 31.2 Å². The minimum Gasteiger partial charge on any atom is -0.549 e. The van der Waals surface area contributed by atoms with E-state index in [9.17, 15) is 14.7 Å². The van der Waals surface area contributed by atoms with E-state index in [1.807, 2.05) is 31.2 Å². The molecule has 0 aliphatic heterocycles. The van der Waals surface area contributed by atoms with Crippen LogP contribution in [0.15, 0.2) is 57.9 Å². The topological polar surface area (TPSA) is 57.2 Å². The standard InChI is InChI=1S/C17H15BrO3S/c1-11-3-2-4-14(9-11)22-16(17(20)21)10-15(19)12-5-7-13(18)8-6-12/h2-9,16H,10H2,1H3,(H,20,21)/p-1/t16-/m0/s1. The van der Waals surface area contributed by atoms with Crippen LogP contribution in [0.5, 0.6) is 0 Å². The number of aliphatic carboxylic acids is 1. The number of aryl methyl sites for hydroxylation is 1. The smallest absolute Gasteiger partial charge is 0.164 e. The zero-order valence-corrected chi connectivity index (χ0v) is 14.3. The lowest BCUT2D eigenvalue weighted by atomic mass is 10.1. The van der Waals surface area contributed by atoms with E-state index in [0.717, 1.165) is 26.7 Å². The van der Waals surface area contributed by atoms with Crippen molar-refractivity contribution in [2.45, 2.75) is 23.5 Å². The molecule has 0 radical (unpaired) electrons. The van der Waals surface area contributed by atoms with Gasteiger partial charge in [0.15, 0.2) is 5.78 Å².